The van der Waals surface area contributed by atoms with Gasteiger partial charge < -0.3 is 5.11 Å². The number of aliphatic carboxylic acids is 1. The zero-order valence-electron chi connectivity index (χ0n) is 7.42. The Morgan fingerprint density at radius 1 is 1.73 bits per heavy atom. The molecule has 2 nitrogen and oxygen atoms in total. The molecule has 0 aromatic heterocycles. The van der Waals surface area contributed by atoms with Crippen LogP contribution in [-0.2, 0) is 4.79 Å². The van der Waals surface area contributed by atoms with Gasteiger partial charge in [0.05, 0.1) is 5.92 Å². The lowest BCUT2D eigenvalue weighted by atomic mass is 9.53. The van der Waals surface area contributed by atoms with Gasteiger partial charge in [-0.15, -0.1) is 0 Å². The second kappa shape index (κ2) is 2.50. The predicted octanol–water partition coefficient (Wildman–Crippen LogP) is 2.14. The van der Waals surface area contributed by atoms with Crippen LogP contribution in [0, 0.1) is 17.3 Å². The maximum atomic E-state index is 10.7. The highest BCUT2D eigenvalue weighted by Gasteiger charge is 2.51. The van der Waals surface area contributed by atoms with Gasteiger partial charge in [-0.25, -0.2) is 0 Å². The summed E-state index contributed by atoms with van der Waals surface area (Å²) < 4.78 is 0. The topological polar surface area (TPSA) is 37.3 Å². The maximum Gasteiger partial charge on any atom is 0.307 e. The first-order chi connectivity index (χ1) is 5.02. The summed E-state index contributed by atoms with van der Waals surface area (Å²) in [5.74, 6) is -0.136. The molecule has 1 aliphatic carbocycles. The van der Waals surface area contributed by atoms with E-state index in [1.54, 1.807) is 0 Å². The largest absolute Gasteiger partial charge is 0.481 e. The van der Waals surface area contributed by atoms with Gasteiger partial charge in [-0.2, -0.15) is 0 Å². The molecule has 1 saturated carbocycles. The van der Waals surface area contributed by atoms with E-state index in [0.29, 0.717) is 5.92 Å². The van der Waals surface area contributed by atoms with Crippen LogP contribution in [0.25, 0.3) is 0 Å². The van der Waals surface area contributed by atoms with Crippen LogP contribution in [-0.4, -0.2) is 11.1 Å². The molecule has 11 heavy (non-hydrogen) atoms. The molecule has 0 radical (unpaired) electrons. The Labute approximate surface area is 67.6 Å². The van der Waals surface area contributed by atoms with E-state index in [2.05, 4.69) is 20.8 Å². The van der Waals surface area contributed by atoms with Gasteiger partial charge in [0.25, 0.3) is 0 Å². The zero-order valence-corrected chi connectivity index (χ0v) is 7.42. The van der Waals surface area contributed by atoms with Crippen molar-refractivity contribution in [1.29, 1.82) is 0 Å². The van der Waals surface area contributed by atoms with Gasteiger partial charge in [0.1, 0.15) is 0 Å². The number of rotatable bonds is 2. The zero-order chi connectivity index (χ0) is 8.65. The number of hydrogen-bond donors (Lipinski definition) is 1. The van der Waals surface area contributed by atoms with E-state index in [1.165, 1.54) is 0 Å². The Hall–Kier alpha value is -0.530. The fourth-order valence-corrected chi connectivity index (χ4v) is 2.05. The third-order valence-electron chi connectivity index (χ3n) is 3.57. The fourth-order valence-electron chi connectivity index (χ4n) is 2.05. The Kier molecular flexibility index (Phi) is 1.95. The first-order valence-electron chi connectivity index (χ1n) is 4.25. The number of carboxylic acid groups (broad SMARTS) is 1. The average Bonchev–Trinajstić information content (AvgIpc) is 1.97. The van der Waals surface area contributed by atoms with Gasteiger partial charge in [0.2, 0.25) is 0 Å². The molecule has 0 saturated heterocycles. The van der Waals surface area contributed by atoms with Crippen molar-refractivity contribution in [3.05, 3.63) is 0 Å². The number of hydrogen-bond acceptors (Lipinski definition) is 1. The highest BCUT2D eigenvalue weighted by Crippen LogP contribution is 2.53. The molecule has 1 rings (SSSR count). The second-order valence-electron chi connectivity index (χ2n) is 3.89. The summed E-state index contributed by atoms with van der Waals surface area (Å²) in [6.45, 7) is 6.30. The minimum Gasteiger partial charge on any atom is -0.481 e. The molecule has 0 bridgehead atoms. The van der Waals surface area contributed by atoms with E-state index in [9.17, 15) is 4.79 Å². The van der Waals surface area contributed by atoms with Crippen LogP contribution < -0.4 is 0 Å². The first kappa shape index (κ1) is 8.57. The van der Waals surface area contributed by atoms with Crippen LogP contribution in [0.1, 0.15) is 33.6 Å². The molecular formula is C9H16O2. The molecule has 0 aromatic carbocycles. The summed E-state index contributed by atoms with van der Waals surface area (Å²) in [7, 11) is 0. The van der Waals surface area contributed by atoms with Crippen LogP contribution in [0.5, 0.6) is 0 Å². The molecule has 0 spiro atoms. The summed E-state index contributed by atoms with van der Waals surface area (Å²) in [5, 5.41) is 8.82. The Morgan fingerprint density at radius 3 is 2.45 bits per heavy atom. The molecule has 1 fully saturated rings. The maximum absolute atomic E-state index is 10.7. The molecule has 0 aromatic rings. The van der Waals surface area contributed by atoms with E-state index >= 15 is 0 Å². The molecule has 0 heterocycles. The standard InChI is InChI=1S/C9H16O2/c1-4-9(3)6(2)5-7(9)8(10)11/h6-7H,4-5H2,1-3H3,(H,10,11). The van der Waals surface area contributed by atoms with E-state index in [4.69, 9.17) is 5.11 Å². The fraction of sp³-hybridized carbons (Fsp3) is 0.889. The molecule has 1 N–H and O–H groups in total. The third kappa shape index (κ3) is 1.05. The summed E-state index contributed by atoms with van der Waals surface area (Å²) in [4.78, 5) is 10.7. The summed E-state index contributed by atoms with van der Waals surface area (Å²) >= 11 is 0. The smallest absolute Gasteiger partial charge is 0.307 e. The summed E-state index contributed by atoms with van der Waals surface area (Å²) in [5.41, 5.74) is 0.0613. The lowest BCUT2D eigenvalue weighted by Gasteiger charge is -2.50. The molecule has 0 aliphatic heterocycles. The van der Waals surface area contributed by atoms with Crippen molar-refractivity contribution in [1.82, 2.24) is 0 Å². The van der Waals surface area contributed by atoms with Crippen LogP contribution in [0.15, 0.2) is 0 Å². The summed E-state index contributed by atoms with van der Waals surface area (Å²) in [6, 6.07) is 0. The van der Waals surface area contributed by atoms with Crippen LogP contribution in [0.3, 0.4) is 0 Å². The summed E-state index contributed by atoms with van der Waals surface area (Å²) in [6.07, 6.45) is 1.84. The van der Waals surface area contributed by atoms with E-state index in [1.807, 2.05) is 0 Å². The Morgan fingerprint density at radius 2 is 2.27 bits per heavy atom. The quantitative estimate of drug-likeness (QED) is 0.665. The van der Waals surface area contributed by atoms with E-state index < -0.39 is 5.97 Å². The van der Waals surface area contributed by atoms with Crippen molar-refractivity contribution in [2.45, 2.75) is 33.6 Å². The number of carbonyl (C=O) groups is 1. The van der Waals surface area contributed by atoms with Gasteiger partial charge in [-0.1, -0.05) is 20.8 Å². The van der Waals surface area contributed by atoms with Crippen LogP contribution >= 0.6 is 0 Å². The highest BCUT2D eigenvalue weighted by molar-refractivity contribution is 5.72. The van der Waals surface area contributed by atoms with Crippen molar-refractivity contribution in [3.63, 3.8) is 0 Å². The SMILES string of the molecule is CCC1(C)C(C)CC1C(=O)O. The van der Waals surface area contributed by atoms with Gasteiger partial charge in [0.15, 0.2) is 0 Å². The minimum atomic E-state index is -0.618. The van der Waals surface area contributed by atoms with Gasteiger partial charge in [0, 0.05) is 0 Å². The van der Waals surface area contributed by atoms with Gasteiger partial charge >= 0.3 is 5.97 Å². The molecule has 2 heteroatoms. The van der Waals surface area contributed by atoms with Gasteiger partial charge in [-0.05, 0) is 24.2 Å². The van der Waals surface area contributed by atoms with Crippen LogP contribution in [0.2, 0.25) is 0 Å². The van der Waals surface area contributed by atoms with E-state index in [-0.39, 0.29) is 11.3 Å². The molecular weight excluding hydrogens is 140 g/mol. The normalized spacial score (nSPS) is 43.2. The highest BCUT2D eigenvalue weighted by atomic mass is 16.4. The Balaban J connectivity index is 2.68. The Bertz CT molecular complexity index is 176. The minimum absolute atomic E-state index is 0.0613. The molecule has 64 valence electrons. The van der Waals surface area contributed by atoms with E-state index in [0.717, 1.165) is 12.8 Å². The van der Waals surface area contributed by atoms with Crippen molar-refractivity contribution < 1.29 is 9.90 Å². The molecule has 1 aliphatic rings. The monoisotopic (exact) mass is 156 g/mol. The van der Waals surface area contributed by atoms with Crippen molar-refractivity contribution >= 4 is 5.97 Å². The van der Waals surface area contributed by atoms with Crippen LogP contribution in [0.4, 0.5) is 0 Å². The van der Waals surface area contributed by atoms with Crippen molar-refractivity contribution in [2.24, 2.45) is 17.3 Å². The van der Waals surface area contributed by atoms with Crippen molar-refractivity contribution in [2.75, 3.05) is 0 Å². The predicted molar refractivity (Wildman–Crippen MR) is 43.3 cm³/mol. The molecule has 3 unspecified atom stereocenters. The first-order valence-corrected chi connectivity index (χ1v) is 4.25. The van der Waals surface area contributed by atoms with Crippen molar-refractivity contribution in [3.8, 4) is 0 Å². The van der Waals surface area contributed by atoms with Gasteiger partial charge in [-0.3, -0.25) is 4.79 Å². The molecule has 3 atom stereocenters. The second-order valence-corrected chi connectivity index (χ2v) is 3.89. The lowest BCUT2D eigenvalue weighted by molar-refractivity contribution is -0.159. The number of carboxylic acids is 1. The average molecular weight is 156 g/mol. The third-order valence-corrected chi connectivity index (χ3v) is 3.57. The molecule has 0 amide bonds. The lowest BCUT2D eigenvalue weighted by Crippen LogP contribution is -2.49.